The molecule has 0 radical (unpaired) electrons. The maximum absolute atomic E-state index is 11.7. The third-order valence-corrected chi connectivity index (χ3v) is 3.22. The van der Waals surface area contributed by atoms with Gasteiger partial charge in [-0.2, -0.15) is 0 Å². The molecule has 1 fully saturated rings. The van der Waals surface area contributed by atoms with Crippen LogP contribution in [0.25, 0.3) is 0 Å². The fourth-order valence-electron chi connectivity index (χ4n) is 2.17. The second-order valence-electron chi connectivity index (χ2n) is 4.43. The van der Waals surface area contributed by atoms with E-state index < -0.39 is 12.0 Å². The summed E-state index contributed by atoms with van der Waals surface area (Å²) in [6.45, 7) is 0.821. The van der Waals surface area contributed by atoms with Gasteiger partial charge in [-0.25, -0.2) is 4.79 Å². The summed E-state index contributed by atoms with van der Waals surface area (Å²) in [7, 11) is 0. The highest BCUT2D eigenvalue weighted by molar-refractivity contribution is 5.87. The minimum atomic E-state index is -0.931. The number of benzene rings is 1. The van der Waals surface area contributed by atoms with Gasteiger partial charge in [0.25, 0.3) is 0 Å². The Bertz CT molecular complexity index is 456. The van der Waals surface area contributed by atoms with Crippen molar-refractivity contribution in [3.05, 3.63) is 35.4 Å². The molecule has 1 aromatic rings. The van der Waals surface area contributed by atoms with Crippen LogP contribution in [0.3, 0.4) is 0 Å². The lowest BCUT2D eigenvalue weighted by Gasteiger charge is -2.21. The molecule has 1 aliphatic rings. The van der Waals surface area contributed by atoms with Crippen LogP contribution in [0.4, 0.5) is 0 Å². The van der Waals surface area contributed by atoms with Gasteiger partial charge in [0.15, 0.2) is 0 Å². The van der Waals surface area contributed by atoms with Gasteiger partial charge in [0.1, 0.15) is 6.04 Å². The predicted molar refractivity (Wildman–Crippen MR) is 65.5 cm³/mol. The van der Waals surface area contributed by atoms with Crippen molar-refractivity contribution in [1.82, 2.24) is 4.90 Å². The molecule has 0 aliphatic carbocycles. The first-order valence-electron chi connectivity index (χ1n) is 5.92. The maximum atomic E-state index is 11.7. The topological polar surface area (TPSA) is 83.6 Å². The number of carboxylic acid groups (broad SMARTS) is 1. The first-order chi connectivity index (χ1) is 8.61. The number of hydrogen-bond donors (Lipinski definition) is 2. The van der Waals surface area contributed by atoms with Gasteiger partial charge >= 0.3 is 5.97 Å². The zero-order valence-electron chi connectivity index (χ0n) is 10.0. The monoisotopic (exact) mass is 248 g/mol. The number of amides is 1. The fourth-order valence-corrected chi connectivity index (χ4v) is 2.17. The largest absolute Gasteiger partial charge is 0.480 e. The standard InChI is InChI=1S/C13H16N2O3/c14-7-9-1-3-10(4-2-9)8-15-11(13(17)18)5-6-12(15)16/h1-4,11H,5-8,14H2,(H,17,18). The molecule has 0 spiro atoms. The molecule has 0 aromatic heterocycles. The third-order valence-electron chi connectivity index (χ3n) is 3.22. The zero-order valence-corrected chi connectivity index (χ0v) is 10.0. The molecule has 5 heteroatoms. The summed E-state index contributed by atoms with van der Waals surface area (Å²) in [6.07, 6.45) is 0.715. The molecule has 18 heavy (non-hydrogen) atoms. The minimum Gasteiger partial charge on any atom is -0.480 e. The first-order valence-corrected chi connectivity index (χ1v) is 5.92. The van der Waals surface area contributed by atoms with E-state index in [0.717, 1.165) is 11.1 Å². The number of hydrogen-bond acceptors (Lipinski definition) is 3. The summed E-state index contributed by atoms with van der Waals surface area (Å²) in [5.41, 5.74) is 7.44. The number of nitrogens with two attached hydrogens (primary N) is 1. The molecule has 3 N–H and O–H groups in total. The lowest BCUT2D eigenvalue weighted by atomic mass is 10.1. The Morgan fingerprint density at radius 2 is 1.94 bits per heavy atom. The number of rotatable bonds is 4. The number of likely N-dealkylation sites (tertiary alicyclic amines) is 1. The van der Waals surface area contributed by atoms with E-state index in [9.17, 15) is 9.59 Å². The second-order valence-corrected chi connectivity index (χ2v) is 4.43. The van der Waals surface area contributed by atoms with Crippen LogP contribution < -0.4 is 5.73 Å². The van der Waals surface area contributed by atoms with E-state index in [1.165, 1.54) is 4.90 Å². The molecule has 1 aliphatic heterocycles. The lowest BCUT2D eigenvalue weighted by Crippen LogP contribution is -2.37. The molecular formula is C13H16N2O3. The third kappa shape index (κ3) is 2.51. The van der Waals surface area contributed by atoms with Crippen molar-refractivity contribution in [1.29, 1.82) is 0 Å². The quantitative estimate of drug-likeness (QED) is 0.822. The highest BCUT2D eigenvalue weighted by Crippen LogP contribution is 2.21. The van der Waals surface area contributed by atoms with E-state index >= 15 is 0 Å². The molecule has 1 unspecified atom stereocenters. The Balaban J connectivity index is 2.11. The number of carbonyl (C=O) groups excluding carboxylic acids is 1. The number of nitrogens with zero attached hydrogens (tertiary/aromatic N) is 1. The van der Waals surface area contributed by atoms with Crippen LogP contribution in [0.5, 0.6) is 0 Å². The molecule has 96 valence electrons. The number of carbonyl (C=O) groups is 2. The second kappa shape index (κ2) is 5.18. The molecule has 1 aromatic carbocycles. The van der Waals surface area contributed by atoms with Gasteiger partial charge in [0.2, 0.25) is 5.91 Å². The number of aliphatic carboxylic acids is 1. The predicted octanol–water partition coefficient (Wildman–Crippen LogP) is 0.721. The minimum absolute atomic E-state index is 0.0923. The first kappa shape index (κ1) is 12.6. The summed E-state index contributed by atoms with van der Waals surface area (Å²) >= 11 is 0. The van der Waals surface area contributed by atoms with Crippen molar-refractivity contribution in [3.63, 3.8) is 0 Å². The molecule has 1 heterocycles. The smallest absolute Gasteiger partial charge is 0.326 e. The Kier molecular flexibility index (Phi) is 3.62. The van der Waals surface area contributed by atoms with Gasteiger partial charge in [-0.1, -0.05) is 24.3 Å². The van der Waals surface area contributed by atoms with Crippen molar-refractivity contribution in [2.24, 2.45) is 5.73 Å². The van der Waals surface area contributed by atoms with E-state index in [-0.39, 0.29) is 5.91 Å². The molecule has 1 saturated heterocycles. The number of carboxylic acids is 1. The van der Waals surface area contributed by atoms with Gasteiger partial charge in [-0.3, -0.25) is 4.79 Å². The Morgan fingerprint density at radius 1 is 1.33 bits per heavy atom. The van der Waals surface area contributed by atoms with Crippen molar-refractivity contribution in [3.8, 4) is 0 Å². The SMILES string of the molecule is NCc1ccc(CN2C(=O)CCC2C(=O)O)cc1. The average molecular weight is 248 g/mol. The summed E-state index contributed by atoms with van der Waals surface area (Å²) in [5.74, 6) is -1.02. The van der Waals surface area contributed by atoms with Crippen LogP contribution in [-0.2, 0) is 22.7 Å². The van der Waals surface area contributed by atoms with Gasteiger partial charge in [0.05, 0.1) is 0 Å². The molecular weight excluding hydrogens is 232 g/mol. The normalized spacial score (nSPS) is 19.3. The Morgan fingerprint density at radius 3 is 2.50 bits per heavy atom. The van der Waals surface area contributed by atoms with E-state index in [4.69, 9.17) is 10.8 Å². The molecule has 0 bridgehead atoms. The van der Waals surface area contributed by atoms with Crippen molar-refractivity contribution < 1.29 is 14.7 Å². The van der Waals surface area contributed by atoms with Crippen LogP contribution >= 0.6 is 0 Å². The van der Waals surface area contributed by atoms with E-state index in [0.29, 0.717) is 25.9 Å². The summed E-state index contributed by atoms with van der Waals surface area (Å²) in [6, 6.07) is 6.86. The highest BCUT2D eigenvalue weighted by Gasteiger charge is 2.35. The molecule has 1 atom stereocenters. The van der Waals surface area contributed by atoms with E-state index in [1.807, 2.05) is 24.3 Å². The van der Waals surface area contributed by atoms with Crippen LogP contribution in [0.15, 0.2) is 24.3 Å². The van der Waals surface area contributed by atoms with Crippen LogP contribution in [-0.4, -0.2) is 27.9 Å². The zero-order chi connectivity index (χ0) is 13.1. The molecule has 1 amide bonds. The Labute approximate surface area is 105 Å². The van der Waals surface area contributed by atoms with Crippen molar-refractivity contribution >= 4 is 11.9 Å². The van der Waals surface area contributed by atoms with Crippen LogP contribution in [0, 0.1) is 0 Å². The van der Waals surface area contributed by atoms with E-state index in [1.54, 1.807) is 0 Å². The van der Waals surface area contributed by atoms with Gasteiger partial charge in [-0.15, -0.1) is 0 Å². The summed E-state index contributed by atoms with van der Waals surface area (Å²) in [4.78, 5) is 24.1. The van der Waals surface area contributed by atoms with Crippen LogP contribution in [0.1, 0.15) is 24.0 Å². The van der Waals surface area contributed by atoms with Gasteiger partial charge in [0, 0.05) is 19.5 Å². The van der Waals surface area contributed by atoms with Crippen LogP contribution in [0.2, 0.25) is 0 Å². The van der Waals surface area contributed by atoms with Crippen molar-refractivity contribution in [2.75, 3.05) is 0 Å². The molecule has 0 saturated carbocycles. The van der Waals surface area contributed by atoms with Gasteiger partial charge < -0.3 is 15.7 Å². The van der Waals surface area contributed by atoms with E-state index in [2.05, 4.69) is 0 Å². The lowest BCUT2D eigenvalue weighted by molar-refractivity contribution is -0.146. The molecule has 5 nitrogen and oxygen atoms in total. The highest BCUT2D eigenvalue weighted by atomic mass is 16.4. The summed E-state index contributed by atoms with van der Waals surface area (Å²) in [5, 5.41) is 9.05. The molecule has 2 rings (SSSR count). The van der Waals surface area contributed by atoms with Gasteiger partial charge in [-0.05, 0) is 17.5 Å². The average Bonchev–Trinajstić information content (AvgIpc) is 2.72. The maximum Gasteiger partial charge on any atom is 0.326 e. The van der Waals surface area contributed by atoms with Crippen molar-refractivity contribution in [2.45, 2.75) is 32.0 Å². The fraction of sp³-hybridized carbons (Fsp3) is 0.385. The Hall–Kier alpha value is -1.88. The summed E-state index contributed by atoms with van der Waals surface area (Å²) < 4.78 is 0.